The molecule has 0 radical (unpaired) electrons. The highest BCUT2D eigenvalue weighted by molar-refractivity contribution is 9.10. The van der Waals surface area contributed by atoms with Gasteiger partial charge < -0.3 is 5.32 Å². The minimum atomic E-state index is 0.221. The van der Waals surface area contributed by atoms with Crippen molar-refractivity contribution in [1.82, 2.24) is 20.3 Å². The zero-order valence-electron chi connectivity index (χ0n) is 11.9. The fraction of sp³-hybridized carbons (Fsp3) is 0.429. The summed E-state index contributed by atoms with van der Waals surface area (Å²) in [6.07, 6.45) is 0. The molecule has 0 bridgehead atoms. The molecule has 0 spiro atoms. The fourth-order valence-electron chi connectivity index (χ4n) is 2.08. The van der Waals surface area contributed by atoms with Crippen LogP contribution >= 0.6 is 27.7 Å². The molecule has 0 aliphatic carbocycles. The first-order chi connectivity index (χ1) is 9.63. The third kappa shape index (κ3) is 3.62. The van der Waals surface area contributed by atoms with Crippen LogP contribution in [0.15, 0.2) is 33.8 Å². The van der Waals surface area contributed by atoms with E-state index < -0.39 is 0 Å². The van der Waals surface area contributed by atoms with E-state index in [-0.39, 0.29) is 6.04 Å². The van der Waals surface area contributed by atoms with Gasteiger partial charge in [-0.05, 0) is 41.0 Å². The van der Waals surface area contributed by atoms with Crippen molar-refractivity contribution in [2.45, 2.75) is 24.8 Å². The van der Waals surface area contributed by atoms with Gasteiger partial charge in [-0.15, -0.1) is 16.9 Å². The van der Waals surface area contributed by atoms with Crippen molar-refractivity contribution in [2.75, 3.05) is 12.3 Å². The van der Waals surface area contributed by atoms with Crippen LogP contribution in [0, 0.1) is 6.92 Å². The van der Waals surface area contributed by atoms with Crippen LogP contribution in [0.25, 0.3) is 0 Å². The van der Waals surface area contributed by atoms with Gasteiger partial charge in [-0.2, -0.15) is 0 Å². The molecule has 1 N–H and O–H groups in total. The molecular formula is C14H19BrN4S. The van der Waals surface area contributed by atoms with Crippen LogP contribution in [0.2, 0.25) is 0 Å². The van der Waals surface area contributed by atoms with Crippen molar-refractivity contribution < 1.29 is 0 Å². The van der Waals surface area contributed by atoms with E-state index in [9.17, 15) is 0 Å². The van der Waals surface area contributed by atoms with Crippen molar-refractivity contribution in [3.8, 4) is 0 Å². The summed E-state index contributed by atoms with van der Waals surface area (Å²) >= 11 is 5.34. The van der Waals surface area contributed by atoms with Crippen LogP contribution in [0.1, 0.15) is 24.2 Å². The number of hydrogen-bond donors (Lipinski definition) is 1. The normalized spacial score (nSPS) is 12.6. The van der Waals surface area contributed by atoms with E-state index in [0.717, 1.165) is 22.6 Å². The Hall–Kier alpha value is -0.850. The third-order valence-electron chi connectivity index (χ3n) is 3.11. The molecule has 0 aliphatic heterocycles. The van der Waals surface area contributed by atoms with E-state index in [2.05, 4.69) is 69.7 Å². The molecule has 108 valence electrons. The molecule has 0 saturated heterocycles. The van der Waals surface area contributed by atoms with Crippen LogP contribution < -0.4 is 5.32 Å². The van der Waals surface area contributed by atoms with Crippen LogP contribution in [0.4, 0.5) is 0 Å². The number of thioether (sulfide) groups is 1. The number of aryl methyl sites for hydroxylation is 2. The summed E-state index contributed by atoms with van der Waals surface area (Å²) in [6, 6.07) is 8.69. The molecule has 2 aromatic rings. The molecule has 1 atom stereocenters. The molecule has 1 unspecified atom stereocenters. The molecule has 4 nitrogen and oxygen atoms in total. The molecule has 0 fully saturated rings. The zero-order valence-corrected chi connectivity index (χ0v) is 14.3. The average molecular weight is 355 g/mol. The molecule has 1 aromatic carbocycles. The standard InChI is InChI=1S/C14H19BrN4S/c1-4-16-11(13-14(15)17-18-19(13)3)9-20-12-8-6-5-7-10(12)2/h5-8,11,16H,4,9H2,1-3H3. The lowest BCUT2D eigenvalue weighted by Gasteiger charge is -2.18. The Morgan fingerprint density at radius 2 is 2.15 bits per heavy atom. The summed E-state index contributed by atoms with van der Waals surface area (Å²) < 4.78 is 2.65. The molecule has 0 amide bonds. The maximum atomic E-state index is 4.07. The molecule has 2 rings (SSSR count). The Kier molecular flexibility index (Phi) is 5.63. The van der Waals surface area contributed by atoms with Gasteiger partial charge in [0.15, 0.2) is 4.60 Å². The number of benzene rings is 1. The van der Waals surface area contributed by atoms with E-state index in [1.807, 2.05) is 23.5 Å². The zero-order chi connectivity index (χ0) is 14.5. The first-order valence-electron chi connectivity index (χ1n) is 6.60. The number of rotatable bonds is 6. The second-order valence-corrected chi connectivity index (χ2v) is 6.39. The minimum absolute atomic E-state index is 0.221. The van der Waals surface area contributed by atoms with Gasteiger partial charge in [0.25, 0.3) is 0 Å². The Morgan fingerprint density at radius 3 is 2.75 bits per heavy atom. The summed E-state index contributed by atoms with van der Waals surface area (Å²) in [6.45, 7) is 5.17. The van der Waals surface area contributed by atoms with Crippen LogP contribution in [0.5, 0.6) is 0 Å². The molecule has 0 saturated carbocycles. The van der Waals surface area contributed by atoms with Crippen LogP contribution in [-0.2, 0) is 7.05 Å². The van der Waals surface area contributed by atoms with Gasteiger partial charge in [-0.25, -0.2) is 4.68 Å². The van der Waals surface area contributed by atoms with Gasteiger partial charge >= 0.3 is 0 Å². The Labute approximate surface area is 132 Å². The maximum Gasteiger partial charge on any atom is 0.153 e. The number of aromatic nitrogens is 3. The first kappa shape index (κ1) is 15.5. The largest absolute Gasteiger partial charge is 0.308 e. The van der Waals surface area contributed by atoms with E-state index in [1.54, 1.807) is 0 Å². The quantitative estimate of drug-likeness (QED) is 0.808. The molecular weight excluding hydrogens is 336 g/mol. The Morgan fingerprint density at radius 1 is 1.40 bits per heavy atom. The minimum Gasteiger partial charge on any atom is -0.308 e. The Balaban J connectivity index is 2.13. The van der Waals surface area contributed by atoms with Crippen molar-refractivity contribution in [2.24, 2.45) is 7.05 Å². The summed E-state index contributed by atoms with van der Waals surface area (Å²) in [5.74, 6) is 0.943. The van der Waals surface area contributed by atoms with Gasteiger partial charge in [-0.1, -0.05) is 30.3 Å². The molecule has 6 heteroatoms. The van der Waals surface area contributed by atoms with Gasteiger partial charge in [0.1, 0.15) is 0 Å². The van der Waals surface area contributed by atoms with E-state index in [4.69, 9.17) is 0 Å². The summed E-state index contributed by atoms with van der Waals surface area (Å²) in [7, 11) is 1.93. The lowest BCUT2D eigenvalue weighted by molar-refractivity contribution is 0.548. The topological polar surface area (TPSA) is 42.7 Å². The number of hydrogen-bond acceptors (Lipinski definition) is 4. The van der Waals surface area contributed by atoms with Gasteiger partial charge in [0, 0.05) is 17.7 Å². The van der Waals surface area contributed by atoms with Crippen molar-refractivity contribution in [3.05, 3.63) is 40.1 Å². The molecule has 1 heterocycles. The highest BCUT2D eigenvalue weighted by Gasteiger charge is 2.19. The SMILES string of the molecule is CCNC(CSc1ccccc1C)c1c(Br)nnn1C. The number of nitrogens with one attached hydrogen (secondary N) is 1. The number of nitrogens with zero attached hydrogens (tertiary/aromatic N) is 3. The molecule has 1 aromatic heterocycles. The van der Waals surface area contributed by atoms with E-state index in [0.29, 0.717) is 0 Å². The van der Waals surface area contributed by atoms with Gasteiger partial charge in [-0.3, -0.25) is 0 Å². The van der Waals surface area contributed by atoms with Gasteiger partial charge in [0.2, 0.25) is 0 Å². The summed E-state index contributed by atoms with van der Waals surface area (Å²) in [5.41, 5.74) is 2.41. The van der Waals surface area contributed by atoms with Crippen molar-refractivity contribution in [3.63, 3.8) is 0 Å². The highest BCUT2D eigenvalue weighted by Crippen LogP contribution is 2.29. The maximum absolute atomic E-state index is 4.07. The lowest BCUT2D eigenvalue weighted by Crippen LogP contribution is -2.25. The summed E-state index contributed by atoms with van der Waals surface area (Å²) in [5, 5.41) is 11.6. The van der Waals surface area contributed by atoms with Crippen molar-refractivity contribution >= 4 is 27.7 Å². The van der Waals surface area contributed by atoms with E-state index in [1.165, 1.54) is 10.5 Å². The van der Waals surface area contributed by atoms with Crippen LogP contribution in [-0.4, -0.2) is 27.3 Å². The fourth-order valence-corrected chi connectivity index (χ4v) is 3.78. The molecule has 20 heavy (non-hydrogen) atoms. The predicted molar refractivity (Wildman–Crippen MR) is 87.0 cm³/mol. The second-order valence-electron chi connectivity index (χ2n) is 4.58. The second kappa shape index (κ2) is 7.24. The lowest BCUT2D eigenvalue weighted by atomic mass is 10.2. The third-order valence-corrected chi connectivity index (χ3v) is 4.94. The smallest absolute Gasteiger partial charge is 0.153 e. The molecule has 0 aliphatic rings. The average Bonchev–Trinajstić information content (AvgIpc) is 2.76. The monoisotopic (exact) mass is 354 g/mol. The highest BCUT2D eigenvalue weighted by atomic mass is 79.9. The first-order valence-corrected chi connectivity index (χ1v) is 8.38. The Bertz CT molecular complexity index is 551. The number of halogens is 1. The predicted octanol–water partition coefficient (Wildman–Crippen LogP) is 3.33. The van der Waals surface area contributed by atoms with E-state index >= 15 is 0 Å². The van der Waals surface area contributed by atoms with Gasteiger partial charge in [0.05, 0.1) is 11.7 Å². The van der Waals surface area contributed by atoms with Crippen LogP contribution in [0.3, 0.4) is 0 Å². The summed E-state index contributed by atoms with van der Waals surface area (Å²) in [4.78, 5) is 1.32. The van der Waals surface area contributed by atoms with Crippen molar-refractivity contribution in [1.29, 1.82) is 0 Å².